The van der Waals surface area contributed by atoms with Gasteiger partial charge in [0, 0.05) is 0 Å². The molecule has 4 heteroatoms. The summed E-state index contributed by atoms with van der Waals surface area (Å²) >= 11 is 0. The van der Waals surface area contributed by atoms with E-state index in [9.17, 15) is 9.59 Å². The van der Waals surface area contributed by atoms with Crippen molar-refractivity contribution in [2.45, 2.75) is 19.8 Å². The van der Waals surface area contributed by atoms with Crippen molar-refractivity contribution in [1.29, 1.82) is 0 Å². The average molecular weight is 172 g/mol. The summed E-state index contributed by atoms with van der Waals surface area (Å²) in [5.74, 6) is -2.62. The molecular weight excluding hydrogens is 160 g/mol. The number of hydrogen-bond donors (Lipinski definition) is 2. The zero-order valence-corrected chi connectivity index (χ0v) is 6.91. The number of carboxylic acids is 2. The quantitative estimate of drug-likeness (QED) is 0.481. The van der Waals surface area contributed by atoms with E-state index in [2.05, 4.69) is 6.58 Å². The predicted molar refractivity (Wildman–Crippen MR) is 42.8 cm³/mol. The van der Waals surface area contributed by atoms with Crippen molar-refractivity contribution in [3.8, 4) is 0 Å². The summed E-state index contributed by atoms with van der Waals surface area (Å²) in [6.07, 6.45) is 1.32. The van der Waals surface area contributed by atoms with Gasteiger partial charge in [-0.1, -0.05) is 13.0 Å². The smallest absolute Gasteiger partial charge is 0.321 e. The molecule has 0 fully saturated rings. The lowest BCUT2D eigenvalue weighted by atomic mass is 9.82. The minimum Gasteiger partial charge on any atom is -0.480 e. The molecule has 0 saturated carbocycles. The van der Waals surface area contributed by atoms with Crippen molar-refractivity contribution in [1.82, 2.24) is 0 Å². The first-order valence-electron chi connectivity index (χ1n) is 3.59. The first-order valence-corrected chi connectivity index (χ1v) is 3.59. The Kier molecular flexibility index (Phi) is 3.47. The van der Waals surface area contributed by atoms with Crippen molar-refractivity contribution in [2.24, 2.45) is 5.41 Å². The highest BCUT2D eigenvalue weighted by Crippen LogP contribution is 2.27. The Hall–Kier alpha value is -1.32. The van der Waals surface area contributed by atoms with Gasteiger partial charge in [-0.2, -0.15) is 0 Å². The van der Waals surface area contributed by atoms with E-state index in [4.69, 9.17) is 10.2 Å². The largest absolute Gasteiger partial charge is 0.480 e. The highest BCUT2D eigenvalue weighted by Gasteiger charge is 2.43. The fourth-order valence-electron chi connectivity index (χ4n) is 0.959. The fourth-order valence-corrected chi connectivity index (χ4v) is 0.959. The van der Waals surface area contributed by atoms with Crippen LogP contribution in [0.25, 0.3) is 0 Å². The molecule has 2 N–H and O–H groups in total. The molecule has 0 unspecified atom stereocenters. The second-order valence-corrected chi connectivity index (χ2v) is 2.54. The fraction of sp³-hybridized carbons (Fsp3) is 0.500. The standard InChI is InChI=1S/C8H12O4/c1-3-5-8(4-2,6(9)10)7(11)12/h3H,1,4-5H2,2H3,(H,9,10)(H,11,12). The third-order valence-electron chi connectivity index (χ3n) is 1.92. The van der Waals surface area contributed by atoms with Crippen LogP contribution in [0, 0.1) is 5.41 Å². The van der Waals surface area contributed by atoms with Gasteiger partial charge in [0.1, 0.15) is 0 Å². The third kappa shape index (κ3) is 1.64. The van der Waals surface area contributed by atoms with Crippen molar-refractivity contribution in [3.63, 3.8) is 0 Å². The van der Waals surface area contributed by atoms with Gasteiger partial charge in [0.05, 0.1) is 0 Å². The number of allylic oxidation sites excluding steroid dienone is 1. The normalized spacial score (nSPS) is 10.8. The number of carboxylic acid groups (broad SMARTS) is 2. The number of aliphatic carboxylic acids is 2. The SMILES string of the molecule is C=CCC(CC)(C(=O)O)C(=O)O. The molecule has 0 atom stereocenters. The maximum Gasteiger partial charge on any atom is 0.321 e. The molecule has 0 spiro atoms. The van der Waals surface area contributed by atoms with E-state index in [-0.39, 0.29) is 12.8 Å². The van der Waals surface area contributed by atoms with E-state index >= 15 is 0 Å². The molecule has 0 aromatic heterocycles. The summed E-state index contributed by atoms with van der Waals surface area (Å²) in [5.41, 5.74) is -1.69. The van der Waals surface area contributed by atoms with E-state index in [1.807, 2.05) is 0 Å². The van der Waals surface area contributed by atoms with Crippen molar-refractivity contribution in [2.75, 3.05) is 0 Å². The molecule has 0 aliphatic rings. The van der Waals surface area contributed by atoms with Gasteiger partial charge < -0.3 is 10.2 Å². The van der Waals surface area contributed by atoms with Crippen LogP contribution in [0.5, 0.6) is 0 Å². The topological polar surface area (TPSA) is 74.6 Å². The molecule has 0 radical (unpaired) electrons. The molecule has 0 aromatic rings. The van der Waals surface area contributed by atoms with Crippen LogP contribution in [0.15, 0.2) is 12.7 Å². The first kappa shape index (κ1) is 10.7. The molecule has 68 valence electrons. The Morgan fingerprint density at radius 3 is 1.92 bits per heavy atom. The second-order valence-electron chi connectivity index (χ2n) is 2.54. The van der Waals surface area contributed by atoms with Gasteiger partial charge in [0.15, 0.2) is 5.41 Å². The Bertz CT molecular complexity index is 193. The molecule has 0 aliphatic carbocycles. The van der Waals surface area contributed by atoms with Gasteiger partial charge in [-0.15, -0.1) is 6.58 Å². The van der Waals surface area contributed by atoms with Crippen molar-refractivity contribution >= 4 is 11.9 Å². The third-order valence-corrected chi connectivity index (χ3v) is 1.92. The van der Waals surface area contributed by atoms with Crippen molar-refractivity contribution in [3.05, 3.63) is 12.7 Å². The van der Waals surface area contributed by atoms with E-state index in [0.29, 0.717) is 0 Å². The molecule has 0 aliphatic heterocycles. The Morgan fingerprint density at radius 2 is 1.83 bits per heavy atom. The monoisotopic (exact) mass is 172 g/mol. The highest BCUT2D eigenvalue weighted by molar-refractivity contribution is 5.98. The lowest BCUT2D eigenvalue weighted by Gasteiger charge is -2.20. The summed E-state index contributed by atoms with van der Waals surface area (Å²) in [4.78, 5) is 21.3. The van der Waals surface area contributed by atoms with Gasteiger partial charge >= 0.3 is 11.9 Å². The zero-order valence-electron chi connectivity index (χ0n) is 6.91. The Labute approximate surface area is 70.5 Å². The van der Waals surface area contributed by atoms with E-state index in [1.165, 1.54) is 13.0 Å². The lowest BCUT2D eigenvalue weighted by Crippen LogP contribution is -2.38. The zero-order chi connectivity index (χ0) is 9.78. The molecule has 12 heavy (non-hydrogen) atoms. The molecule has 0 amide bonds. The van der Waals surface area contributed by atoms with Gasteiger partial charge in [-0.25, -0.2) is 0 Å². The van der Waals surface area contributed by atoms with Gasteiger partial charge in [-0.05, 0) is 12.8 Å². The maximum atomic E-state index is 10.7. The van der Waals surface area contributed by atoms with Gasteiger partial charge in [-0.3, -0.25) is 9.59 Å². The van der Waals surface area contributed by atoms with E-state index < -0.39 is 17.4 Å². The molecule has 0 aromatic carbocycles. The van der Waals surface area contributed by atoms with Crippen molar-refractivity contribution < 1.29 is 19.8 Å². The molecule has 0 heterocycles. The van der Waals surface area contributed by atoms with Crippen LogP contribution in [0.2, 0.25) is 0 Å². The predicted octanol–water partition coefficient (Wildman–Crippen LogP) is 1.13. The lowest BCUT2D eigenvalue weighted by molar-refractivity contribution is -0.164. The van der Waals surface area contributed by atoms with Crippen LogP contribution >= 0.6 is 0 Å². The molecule has 0 rings (SSSR count). The minimum absolute atomic E-state index is 0.0475. The average Bonchev–Trinajstić information content (AvgIpc) is 1.98. The number of hydrogen-bond acceptors (Lipinski definition) is 2. The molecule has 4 nitrogen and oxygen atoms in total. The van der Waals surface area contributed by atoms with Crippen LogP contribution in [0.1, 0.15) is 19.8 Å². The number of carbonyl (C=O) groups is 2. The Morgan fingerprint density at radius 1 is 1.42 bits per heavy atom. The summed E-state index contributed by atoms with van der Waals surface area (Å²) in [7, 11) is 0. The summed E-state index contributed by atoms with van der Waals surface area (Å²) in [6.45, 7) is 4.87. The van der Waals surface area contributed by atoms with Crippen LogP contribution in [0.3, 0.4) is 0 Å². The van der Waals surface area contributed by atoms with Gasteiger partial charge in [0.25, 0.3) is 0 Å². The summed E-state index contributed by atoms with van der Waals surface area (Å²) < 4.78 is 0. The van der Waals surface area contributed by atoms with E-state index in [1.54, 1.807) is 0 Å². The van der Waals surface area contributed by atoms with E-state index in [0.717, 1.165) is 0 Å². The van der Waals surface area contributed by atoms with Crippen LogP contribution < -0.4 is 0 Å². The van der Waals surface area contributed by atoms with Crippen LogP contribution in [-0.4, -0.2) is 22.2 Å². The van der Waals surface area contributed by atoms with Crippen LogP contribution in [-0.2, 0) is 9.59 Å². The summed E-state index contributed by atoms with van der Waals surface area (Å²) in [6, 6.07) is 0. The Balaban J connectivity index is 4.88. The van der Waals surface area contributed by atoms with Crippen LogP contribution in [0.4, 0.5) is 0 Å². The molecular formula is C8H12O4. The maximum absolute atomic E-state index is 10.7. The molecule has 0 bridgehead atoms. The second kappa shape index (κ2) is 3.90. The number of rotatable bonds is 5. The van der Waals surface area contributed by atoms with Gasteiger partial charge in [0.2, 0.25) is 0 Å². The molecule has 0 saturated heterocycles. The minimum atomic E-state index is -1.69. The summed E-state index contributed by atoms with van der Waals surface area (Å²) in [5, 5.41) is 17.4. The highest BCUT2D eigenvalue weighted by atomic mass is 16.4. The first-order chi connectivity index (χ1) is 5.51.